The Hall–Kier alpha value is -2.54. The SMILES string of the molecule is O=C(CSc1cccc2cccc(Cl)c12)OCc1cc(=O)n2cc(Cl)ccc2n1. The summed E-state index contributed by atoms with van der Waals surface area (Å²) in [6.45, 7) is -0.0793. The van der Waals surface area contributed by atoms with Crippen LogP contribution in [0.1, 0.15) is 5.69 Å². The van der Waals surface area contributed by atoms with Crippen LogP contribution in [-0.2, 0) is 16.1 Å². The average Bonchev–Trinajstić information content (AvgIpc) is 2.71. The van der Waals surface area contributed by atoms with Crippen molar-refractivity contribution in [2.45, 2.75) is 11.5 Å². The Morgan fingerprint density at radius 1 is 1.10 bits per heavy atom. The van der Waals surface area contributed by atoms with Crippen molar-refractivity contribution in [2.24, 2.45) is 0 Å². The van der Waals surface area contributed by atoms with Crippen molar-refractivity contribution in [3.63, 3.8) is 0 Å². The normalized spacial score (nSPS) is 11.1. The van der Waals surface area contributed by atoms with Crippen molar-refractivity contribution in [1.29, 1.82) is 0 Å². The Kier molecular flexibility index (Phi) is 5.76. The number of thioether (sulfide) groups is 1. The molecule has 0 radical (unpaired) electrons. The summed E-state index contributed by atoms with van der Waals surface area (Å²) < 4.78 is 6.63. The third kappa shape index (κ3) is 4.40. The molecule has 5 nitrogen and oxygen atoms in total. The Bertz CT molecular complexity index is 1280. The Balaban J connectivity index is 1.43. The number of halogens is 2. The van der Waals surface area contributed by atoms with Gasteiger partial charge in [-0.2, -0.15) is 0 Å². The number of aromatic nitrogens is 2. The van der Waals surface area contributed by atoms with Gasteiger partial charge in [-0.3, -0.25) is 14.0 Å². The largest absolute Gasteiger partial charge is 0.459 e. The van der Waals surface area contributed by atoms with E-state index < -0.39 is 5.97 Å². The number of rotatable bonds is 5. The predicted octanol–water partition coefficient (Wildman–Crippen LogP) is 4.99. The zero-order chi connectivity index (χ0) is 20.4. The van der Waals surface area contributed by atoms with Crippen LogP contribution >= 0.6 is 35.0 Å². The fraction of sp³-hybridized carbons (Fsp3) is 0.0952. The monoisotopic (exact) mass is 444 g/mol. The van der Waals surface area contributed by atoms with Crippen LogP contribution in [0.25, 0.3) is 16.4 Å². The van der Waals surface area contributed by atoms with E-state index in [1.807, 2.05) is 36.4 Å². The van der Waals surface area contributed by atoms with Gasteiger partial charge in [-0.25, -0.2) is 4.98 Å². The molecule has 8 heteroatoms. The molecule has 0 spiro atoms. The van der Waals surface area contributed by atoms with Gasteiger partial charge in [0, 0.05) is 27.6 Å². The highest BCUT2D eigenvalue weighted by Crippen LogP contribution is 2.33. The van der Waals surface area contributed by atoms with E-state index in [0.717, 1.165) is 15.7 Å². The maximum absolute atomic E-state index is 12.2. The van der Waals surface area contributed by atoms with E-state index in [-0.39, 0.29) is 17.9 Å². The number of benzene rings is 2. The first-order chi connectivity index (χ1) is 14.0. The first-order valence-electron chi connectivity index (χ1n) is 8.65. The summed E-state index contributed by atoms with van der Waals surface area (Å²) in [4.78, 5) is 29.6. The number of esters is 1. The van der Waals surface area contributed by atoms with Crippen LogP contribution in [0.4, 0.5) is 0 Å². The molecule has 2 heterocycles. The number of hydrogen-bond acceptors (Lipinski definition) is 5. The lowest BCUT2D eigenvalue weighted by Crippen LogP contribution is -2.17. The van der Waals surface area contributed by atoms with Crippen molar-refractivity contribution >= 4 is 57.4 Å². The minimum absolute atomic E-state index is 0.0793. The maximum atomic E-state index is 12.2. The van der Waals surface area contributed by atoms with E-state index in [1.54, 1.807) is 12.1 Å². The summed E-state index contributed by atoms with van der Waals surface area (Å²) in [5.74, 6) is -0.288. The van der Waals surface area contributed by atoms with Crippen molar-refractivity contribution in [3.05, 3.63) is 86.9 Å². The van der Waals surface area contributed by atoms with Gasteiger partial charge in [0.05, 0.1) is 16.5 Å². The Labute approximate surface area is 180 Å². The molecule has 0 unspecified atom stereocenters. The topological polar surface area (TPSA) is 60.7 Å². The fourth-order valence-corrected chi connectivity index (χ4v) is 4.32. The van der Waals surface area contributed by atoms with Gasteiger partial charge in [-0.15, -0.1) is 11.8 Å². The summed E-state index contributed by atoms with van der Waals surface area (Å²) in [6.07, 6.45) is 1.49. The van der Waals surface area contributed by atoms with Gasteiger partial charge in [0.2, 0.25) is 0 Å². The molecule has 0 aliphatic heterocycles. The highest BCUT2D eigenvalue weighted by Gasteiger charge is 2.11. The summed E-state index contributed by atoms with van der Waals surface area (Å²) in [6, 6.07) is 16.1. The molecule has 2 aromatic heterocycles. The molecule has 2 aromatic carbocycles. The van der Waals surface area contributed by atoms with Crippen molar-refractivity contribution in [1.82, 2.24) is 9.38 Å². The number of pyridine rings is 1. The van der Waals surface area contributed by atoms with Crippen LogP contribution in [0.2, 0.25) is 10.0 Å². The molecule has 4 aromatic rings. The zero-order valence-corrected chi connectivity index (χ0v) is 17.3. The standard InChI is InChI=1S/C21H14Cl2N2O3S/c22-14-7-8-18-24-15(9-19(26)25(18)10-14)11-28-20(27)12-29-17-6-2-4-13-3-1-5-16(23)21(13)17/h1-10H,11-12H2. The van der Waals surface area contributed by atoms with Gasteiger partial charge in [0.1, 0.15) is 12.3 Å². The third-order valence-corrected chi connectivity index (χ3v) is 5.79. The van der Waals surface area contributed by atoms with E-state index in [4.69, 9.17) is 27.9 Å². The minimum Gasteiger partial charge on any atom is -0.459 e. The second-order valence-electron chi connectivity index (χ2n) is 6.20. The highest BCUT2D eigenvalue weighted by molar-refractivity contribution is 8.00. The van der Waals surface area contributed by atoms with Crippen molar-refractivity contribution < 1.29 is 9.53 Å². The molecular formula is C21H14Cl2N2O3S. The van der Waals surface area contributed by atoms with E-state index in [9.17, 15) is 9.59 Å². The summed E-state index contributed by atoms with van der Waals surface area (Å²) in [5, 5.41) is 3.00. The summed E-state index contributed by atoms with van der Waals surface area (Å²) in [7, 11) is 0. The van der Waals surface area contributed by atoms with Gasteiger partial charge in [0.15, 0.2) is 0 Å². The number of carbonyl (C=O) groups is 1. The third-order valence-electron chi connectivity index (χ3n) is 4.22. The lowest BCUT2D eigenvalue weighted by atomic mass is 10.1. The zero-order valence-electron chi connectivity index (χ0n) is 15.0. The number of hydrogen-bond donors (Lipinski definition) is 0. The van der Waals surface area contributed by atoms with Crippen LogP contribution in [0.15, 0.2) is 70.5 Å². The van der Waals surface area contributed by atoms with Gasteiger partial charge in [-0.05, 0) is 29.7 Å². The Morgan fingerprint density at radius 3 is 2.72 bits per heavy atom. The van der Waals surface area contributed by atoms with E-state index in [0.29, 0.717) is 21.4 Å². The molecular weight excluding hydrogens is 431 g/mol. The molecule has 0 amide bonds. The van der Waals surface area contributed by atoms with Crippen LogP contribution in [-0.4, -0.2) is 21.1 Å². The fourth-order valence-electron chi connectivity index (χ4n) is 2.92. The minimum atomic E-state index is -0.405. The molecule has 0 aliphatic carbocycles. The lowest BCUT2D eigenvalue weighted by Gasteiger charge is -2.09. The van der Waals surface area contributed by atoms with Crippen molar-refractivity contribution in [2.75, 3.05) is 5.75 Å². The van der Waals surface area contributed by atoms with Gasteiger partial charge < -0.3 is 4.74 Å². The summed E-state index contributed by atoms with van der Waals surface area (Å²) in [5.41, 5.74) is 0.528. The Morgan fingerprint density at radius 2 is 1.90 bits per heavy atom. The first kappa shape index (κ1) is 19.8. The van der Waals surface area contributed by atoms with Crippen molar-refractivity contribution in [3.8, 4) is 0 Å². The second kappa shape index (κ2) is 8.45. The molecule has 29 heavy (non-hydrogen) atoms. The molecule has 0 saturated carbocycles. The average molecular weight is 445 g/mol. The maximum Gasteiger partial charge on any atom is 0.316 e. The van der Waals surface area contributed by atoms with Crippen LogP contribution in [0.3, 0.4) is 0 Å². The predicted molar refractivity (Wildman–Crippen MR) is 116 cm³/mol. The molecule has 0 atom stereocenters. The van der Waals surface area contributed by atoms with E-state index >= 15 is 0 Å². The lowest BCUT2D eigenvalue weighted by molar-refractivity contribution is -0.141. The smallest absolute Gasteiger partial charge is 0.316 e. The van der Waals surface area contributed by atoms with Gasteiger partial charge in [-0.1, -0.05) is 47.5 Å². The van der Waals surface area contributed by atoms with Gasteiger partial charge >= 0.3 is 5.97 Å². The molecule has 4 rings (SSSR count). The molecule has 0 bridgehead atoms. The molecule has 146 valence electrons. The van der Waals surface area contributed by atoms with Crippen LogP contribution < -0.4 is 5.56 Å². The molecule has 0 N–H and O–H groups in total. The highest BCUT2D eigenvalue weighted by atomic mass is 35.5. The number of nitrogens with zero attached hydrogens (tertiary/aromatic N) is 2. The quantitative estimate of drug-likeness (QED) is 0.320. The molecule has 0 aliphatic rings. The number of ether oxygens (including phenoxy) is 1. The second-order valence-corrected chi connectivity index (χ2v) is 8.07. The first-order valence-corrected chi connectivity index (χ1v) is 10.4. The molecule has 0 saturated heterocycles. The number of carbonyl (C=O) groups excluding carboxylic acids is 1. The summed E-state index contributed by atoms with van der Waals surface area (Å²) >= 11 is 13.6. The number of fused-ring (bicyclic) bond motifs is 2. The van der Waals surface area contributed by atoms with E-state index in [2.05, 4.69) is 4.98 Å². The van der Waals surface area contributed by atoms with Crippen LogP contribution in [0.5, 0.6) is 0 Å². The van der Waals surface area contributed by atoms with E-state index in [1.165, 1.54) is 28.4 Å². The van der Waals surface area contributed by atoms with Crippen LogP contribution in [0, 0.1) is 0 Å². The van der Waals surface area contributed by atoms with Gasteiger partial charge in [0.25, 0.3) is 5.56 Å². The molecule has 0 fully saturated rings.